The van der Waals surface area contributed by atoms with Gasteiger partial charge in [-0.2, -0.15) is 8.42 Å². The van der Waals surface area contributed by atoms with Crippen molar-refractivity contribution in [1.29, 1.82) is 0 Å². The molecular weight excluding hydrogens is 468 g/mol. The van der Waals surface area contributed by atoms with Gasteiger partial charge in [0.05, 0.1) is 12.8 Å². The van der Waals surface area contributed by atoms with Gasteiger partial charge in [-0.3, -0.25) is 9.52 Å². The summed E-state index contributed by atoms with van der Waals surface area (Å²) in [7, 11) is -1.05. The maximum Gasteiger partial charge on any atom is 0.330 e. The van der Waals surface area contributed by atoms with Gasteiger partial charge in [-0.25, -0.2) is 9.52 Å². The van der Waals surface area contributed by atoms with Crippen LogP contribution in [0.3, 0.4) is 0 Å². The Morgan fingerprint density at radius 3 is 2.14 bits per heavy atom. The normalized spacial score (nSPS) is 18.7. The van der Waals surface area contributed by atoms with Crippen LogP contribution >= 0.6 is 0 Å². The first kappa shape index (κ1) is 24.1. The Morgan fingerprint density at radius 2 is 1.54 bits per heavy atom. The number of carbonyl (C=O) groups is 2. The summed E-state index contributed by atoms with van der Waals surface area (Å²) in [4.78, 5) is 27.9. The van der Waals surface area contributed by atoms with Crippen LogP contribution < -0.4 is 24.4 Å². The van der Waals surface area contributed by atoms with E-state index in [1.165, 1.54) is 4.90 Å². The molecule has 1 aliphatic rings. The molecule has 0 bridgehead atoms. The topological polar surface area (TPSA) is 117 Å². The van der Waals surface area contributed by atoms with Gasteiger partial charge < -0.3 is 15.0 Å². The zero-order valence-corrected chi connectivity index (χ0v) is 20.1. The van der Waals surface area contributed by atoms with Crippen molar-refractivity contribution in [3.05, 3.63) is 90.5 Å². The Morgan fingerprint density at radius 1 is 0.943 bits per heavy atom. The minimum Gasteiger partial charge on any atom is -0.497 e. The largest absolute Gasteiger partial charge is 0.497 e. The third-order valence-corrected chi connectivity index (χ3v) is 6.86. The van der Waals surface area contributed by atoms with Gasteiger partial charge in [0, 0.05) is 18.7 Å². The molecule has 4 rings (SSSR count). The number of hydrogen-bond donors (Lipinski definition) is 3. The van der Waals surface area contributed by atoms with Crippen LogP contribution in [0.4, 0.5) is 16.2 Å². The highest BCUT2D eigenvalue weighted by atomic mass is 32.2. The molecule has 10 heteroatoms. The molecule has 0 aliphatic heterocycles. The molecule has 0 aromatic heterocycles. The van der Waals surface area contributed by atoms with Gasteiger partial charge in [-0.15, -0.1) is 0 Å². The molecule has 1 fully saturated rings. The zero-order valence-electron chi connectivity index (χ0n) is 19.3. The smallest absolute Gasteiger partial charge is 0.330 e. The van der Waals surface area contributed by atoms with E-state index >= 15 is 0 Å². The summed E-state index contributed by atoms with van der Waals surface area (Å²) in [5.74, 6) is -0.0287. The number of methoxy groups -OCH3 is 1. The van der Waals surface area contributed by atoms with E-state index in [4.69, 9.17) is 4.74 Å². The van der Waals surface area contributed by atoms with Crippen LogP contribution in [-0.2, 0) is 15.0 Å². The third-order valence-electron chi connectivity index (χ3n) is 5.90. The highest BCUT2D eigenvalue weighted by Crippen LogP contribution is 2.52. The molecule has 0 spiro atoms. The molecule has 1 aliphatic carbocycles. The SMILES string of the molecule is COc1ccc(N(C)C(=O)C2(NC(=O)NS(=O)(=O)Nc3ccccc3)CC2c2ccccc2)cc1. The van der Waals surface area contributed by atoms with Gasteiger partial charge in [0.25, 0.3) is 5.91 Å². The first-order valence-electron chi connectivity index (χ1n) is 10.9. The van der Waals surface area contributed by atoms with E-state index in [1.807, 2.05) is 35.1 Å². The number of anilines is 2. The molecule has 0 radical (unpaired) electrons. The van der Waals surface area contributed by atoms with Gasteiger partial charge in [0.15, 0.2) is 0 Å². The van der Waals surface area contributed by atoms with Gasteiger partial charge in [-0.05, 0) is 48.4 Å². The van der Waals surface area contributed by atoms with Crippen molar-refractivity contribution >= 4 is 33.5 Å². The van der Waals surface area contributed by atoms with E-state index in [1.54, 1.807) is 68.8 Å². The summed E-state index contributed by atoms with van der Waals surface area (Å²) in [6.45, 7) is 0. The van der Waals surface area contributed by atoms with Gasteiger partial charge in [0.1, 0.15) is 11.3 Å². The van der Waals surface area contributed by atoms with E-state index in [2.05, 4.69) is 10.0 Å². The van der Waals surface area contributed by atoms with Crippen LogP contribution in [0.1, 0.15) is 17.9 Å². The van der Waals surface area contributed by atoms with E-state index in [-0.39, 0.29) is 11.8 Å². The standard InChI is InChI=1S/C25H26N4O5S/c1-29(20-13-15-21(34-2)16-14-20)23(30)25(17-22(25)18-9-5-3-6-10-18)26-24(31)28-35(32,33)27-19-11-7-4-8-12-19/h3-16,22,27H,17H2,1-2H3,(H2,26,28,31). The maximum absolute atomic E-state index is 13.6. The average Bonchev–Trinajstić information content (AvgIpc) is 3.58. The number of nitrogens with one attached hydrogen (secondary N) is 3. The molecule has 0 heterocycles. The van der Waals surface area contributed by atoms with Crippen molar-refractivity contribution in [2.45, 2.75) is 17.9 Å². The van der Waals surface area contributed by atoms with Crippen molar-refractivity contribution in [2.75, 3.05) is 23.8 Å². The quantitative estimate of drug-likeness (QED) is 0.445. The van der Waals surface area contributed by atoms with Crippen LogP contribution in [0.2, 0.25) is 0 Å². The maximum atomic E-state index is 13.6. The number of para-hydroxylation sites is 1. The fraction of sp³-hybridized carbons (Fsp3) is 0.200. The van der Waals surface area contributed by atoms with Crippen LogP contribution in [-0.4, -0.2) is 40.1 Å². The lowest BCUT2D eigenvalue weighted by Crippen LogP contribution is -2.55. The summed E-state index contributed by atoms with van der Waals surface area (Å²) in [6, 6.07) is 23.4. The van der Waals surface area contributed by atoms with Gasteiger partial charge in [0.2, 0.25) is 0 Å². The second-order valence-corrected chi connectivity index (χ2v) is 9.64. The predicted octanol–water partition coefficient (Wildman–Crippen LogP) is 3.24. The van der Waals surface area contributed by atoms with E-state index in [0.29, 0.717) is 23.5 Å². The number of urea groups is 1. The number of hydrogen-bond acceptors (Lipinski definition) is 5. The Labute approximate surface area is 204 Å². The second-order valence-electron chi connectivity index (χ2n) is 8.23. The molecule has 35 heavy (non-hydrogen) atoms. The van der Waals surface area contributed by atoms with Crippen molar-refractivity contribution in [1.82, 2.24) is 10.0 Å². The number of ether oxygens (including phenoxy) is 1. The van der Waals surface area contributed by atoms with Gasteiger partial charge in [-0.1, -0.05) is 48.5 Å². The highest BCUT2D eigenvalue weighted by Gasteiger charge is 2.63. The Kier molecular flexibility index (Phi) is 6.65. The molecule has 3 aromatic carbocycles. The second kappa shape index (κ2) is 9.67. The number of amides is 3. The van der Waals surface area contributed by atoms with Crippen LogP contribution in [0.25, 0.3) is 0 Å². The lowest BCUT2D eigenvalue weighted by atomic mass is 10.0. The zero-order chi connectivity index (χ0) is 25.1. The fourth-order valence-corrected chi connectivity index (χ4v) is 4.83. The van der Waals surface area contributed by atoms with Crippen molar-refractivity contribution < 1.29 is 22.7 Å². The molecule has 3 aromatic rings. The summed E-state index contributed by atoms with van der Waals surface area (Å²) in [5.41, 5.74) is 0.470. The molecule has 3 amide bonds. The summed E-state index contributed by atoms with van der Waals surface area (Å²) in [5, 5.41) is 2.65. The van der Waals surface area contributed by atoms with E-state index in [9.17, 15) is 18.0 Å². The number of carbonyl (C=O) groups excluding carboxylic acids is 2. The first-order chi connectivity index (χ1) is 16.7. The third kappa shape index (κ3) is 5.38. The summed E-state index contributed by atoms with van der Waals surface area (Å²) >= 11 is 0. The Balaban J connectivity index is 1.55. The van der Waals surface area contributed by atoms with Crippen LogP contribution in [0.15, 0.2) is 84.9 Å². The molecule has 9 nitrogen and oxygen atoms in total. The number of nitrogens with zero attached hydrogens (tertiary/aromatic N) is 1. The molecule has 0 saturated heterocycles. The average molecular weight is 495 g/mol. The predicted molar refractivity (Wildman–Crippen MR) is 134 cm³/mol. The molecule has 1 saturated carbocycles. The Bertz CT molecular complexity index is 1300. The molecule has 2 unspecified atom stereocenters. The van der Waals surface area contributed by atoms with Crippen molar-refractivity contribution in [3.8, 4) is 5.75 Å². The van der Waals surface area contributed by atoms with Crippen molar-refractivity contribution in [2.24, 2.45) is 0 Å². The highest BCUT2D eigenvalue weighted by molar-refractivity contribution is 7.91. The number of rotatable bonds is 8. The molecular formula is C25H26N4O5S. The lowest BCUT2D eigenvalue weighted by Gasteiger charge is -2.26. The minimum atomic E-state index is -4.22. The molecule has 2 atom stereocenters. The lowest BCUT2D eigenvalue weighted by molar-refractivity contribution is -0.121. The first-order valence-corrected chi connectivity index (χ1v) is 12.4. The Hall–Kier alpha value is -4.05. The number of likely N-dealkylation sites (N-methyl/N-ethyl adjacent to an activating group) is 1. The summed E-state index contributed by atoms with van der Waals surface area (Å²) in [6.07, 6.45) is 0.329. The molecule has 182 valence electrons. The monoisotopic (exact) mass is 494 g/mol. The van der Waals surface area contributed by atoms with E-state index in [0.717, 1.165) is 5.56 Å². The van der Waals surface area contributed by atoms with E-state index < -0.39 is 21.8 Å². The summed E-state index contributed by atoms with van der Waals surface area (Å²) < 4.78 is 34.3. The molecule has 3 N–H and O–H groups in total. The minimum absolute atomic E-state index is 0.298. The fourth-order valence-electron chi connectivity index (χ4n) is 4.04. The van der Waals surface area contributed by atoms with Crippen LogP contribution in [0.5, 0.6) is 5.75 Å². The van der Waals surface area contributed by atoms with Gasteiger partial charge >= 0.3 is 16.2 Å². The number of benzene rings is 3. The van der Waals surface area contributed by atoms with Crippen molar-refractivity contribution in [3.63, 3.8) is 0 Å². The van der Waals surface area contributed by atoms with Crippen LogP contribution in [0, 0.1) is 0 Å².